The van der Waals surface area contributed by atoms with E-state index in [1.165, 1.54) is 0 Å². The summed E-state index contributed by atoms with van der Waals surface area (Å²) in [5.41, 5.74) is 7.91. The van der Waals surface area contributed by atoms with Crippen LogP contribution in [0.15, 0.2) is 76.1 Å². The molecule has 0 saturated heterocycles. The van der Waals surface area contributed by atoms with E-state index in [9.17, 15) is 10.1 Å². The quantitative estimate of drug-likeness (QED) is 0.741. The van der Waals surface area contributed by atoms with Crippen molar-refractivity contribution in [2.24, 2.45) is 5.73 Å². The van der Waals surface area contributed by atoms with Crippen LogP contribution in [0.3, 0.4) is 0 Å². The molecule has 0 unspecified atom stereocenters. The zero-order chi connectivity index (χ0) is 19.4. The molecule has 2 aromatic carbocycles. The zero-order valence-electron chi connectivity index (χ0n) is 14.6. The predicted octanol–water partition coefficient (Wildman–Crippen LogP) is 4.23. The molecule has 6 heteroatoms. The number of benzene rings is 2. The minimum atomic E-state index is -0.685. The predicted molar refractivity (Wildman–Crippen MR) is 105 cm³/mol. The molecule has 5 nitrogen and oxygen atoms in total. The Bertz CT molecular complexity index is 974. The van der Waals surface area contributed by atoms with Gasteiger partial charge >= 0.3 is 5.97 Å². The van der Waals surface area contributed by atoms with E-state index in [2.05, 4.69) is 22.0 Å². The lowest BCUT2D eigenvalue weighted by atomic mass is 9.82. The third kappa shape index (κ3) is 3.74. The number of ether oxygens (including phenoxy) is 2. The van der Waals surface area contributed by atoms with Crippen LogP contribution in [0.1, 0.15) is 24.0 Å². The minimum Gasteiger partial charge on any atom is -0.463 e. The highest BCUT2D eigenvalue weighted by atomic mass is 79.9. The van der Waals surface area contributed by atoms with Crippen LogP contribution in [0.2, 0.25) is 0 Å². The molecule has 0 aliphatic carbocycles. The molecule has 0 aromatic heterocycles. The molecule has 0 bridgehead atoms. The van der Waals surface area contributed by atoms with E-state index in [4.69, 9.17) is 15.2 Å². The van der Waals surface area contributed by atoms with E-state index in [1.54, 1.807) is 6.92 Å². The number of rotatable bonds is 4. The third-order valence-electron chi connectivity index (χ3n) is 4.13. The number of esters is 1. The van der Waals surface area contributed by atoms with E-state index >= 15 is 0 Å². The summed E-state index contributed by atoms with van der Waals surface area (Å²) in [6, 6.07) is 18.7. The van der Waals surface area contributed by atoms with Crippen LogP contribution in [-0.4, -0.2) is 12.6 Å². The standard InChI is InChI=1S/C21H17BrN2O3/c1-2-26-21(25)18-17(14-9-6-10-15(22)11-14)16(12-23)20(24)27-19(18)13-7-4-3-5-8-13/h3-11,17H,2,24H2,1H3/t17-/m0/s1. The molecule has 27 heavy (non-hydrogen) atoms. The van der Waals surface area contributed by atoms with Crippen LogP contribution >= 0.6 is 15.9 Å². The van der Waals surface area contributed by atoms with Crippen molar-refractivity contribution in [2.75, 3.05) is 6.61 Å². The van der Waals surface area contributed by atoms with E-state index in [0.29, 0.717) is 11.3 Å². The van der Waals surface area contributed by atoms with Gasteiger partial charge in [-0.3, -0.25) is 0 Å². The molecular formula is C21H17BrN2O3. The molecule has 1 aliphatic rings. The fourth-order valence-electron chi connectivity index (χ4n) is 3.00. The molecule has 0 fully saturated rings. The molecule has 0 amide bonds. The van der Waals surface area contributed by atoms with Crippen molar-refractivity contribution in [3.63, 3.8) is 0 Å². The van der Waals surface area contributed by atoms with Crippen molar-refractivity contribution in [1.29, 1.82) is 5.26 Å². The average Bonchev–Trinajstić information content (AvgIpc) is 2.68. The highest BCUT2D eigenvalue weighted by Gasteiger charge is 2.38. The summed E-state index contributed by atoms with van der Waals surface area (Å²) < 4.78 is 11.8. The topological polar surface area (TPSA) is 85.3 Å². The second kappa shape index (κ2) is 8.11. The molecule has 1 aliphatic heterocycles. The van der Waals surface area contributed by atoms with Crippen molar-refractivity contribution in [3.8, 4) is 6.07 Å². The van der Waals surface area contributed by atoms with Gasteiger partial charge in [0.15, 0.2) is 0 Å². The molecule has 2 N–H and O–H groups in total. The van der Waals surface area contributed by atoms with E-state index in [1.807, 2.05) is 54.6 Å². The van der Waals surface area contributed by atoms with Gasteiger partial charge in [-0.2, -0.15) is 5.26 Å². The molecule has 2 aromatic rings. The number of halogens is 1. The van der Waals surface area contributed by atoms with Crippen molar-refractivity contribution in [1.82, 2.24) is 0 Å². The van der Waals surface area contributed by atoms with E-state index < -0.39 is 11.9 Å². The highest BCUT2D eigenvalue weighted by molar-refractivity contribution is 9.10. The van der Waals surface area contributed by atoms with Crippen molar-refractivity contribution < 1.29 is 14.3 Å². The summed E-state index contributed by atoms with van der Waals surface area (Å²) in [7, 11) is 0. The lowest BCUT2D eigenvalue weighted by Crippen LogP contribution is -2.25. The smallest absolute Gasteiger partial charge is 0.338 e. The monoisotopic (exact) mass is 424 g/mol. The van der Waals surface area contributed by atoms with Gasteiger partial charge in [0.2, 0.25) is 5.88 Å². The summed E-state index contributed by atoms with van der Waals surface area (Å²) in [6.45, 7) is 1.94. The molecule has 0 radical (unpaired) electrons. The summed E-state index contributed by atoms with van der Waals surface area (Å²) in [6.07, 6.45) is 0. The average molecular weight is 425 g/mol. The molecule has 3 rings (SSSR count). The van der Waals surface area contributed by atoms with Gasteiger partial charge < -0.3 is 15.2 Å². The van der Waals surface area contributed by atoms with Gasteiger partial charge in [-0.25, -0.2) is 4.79 Å². The van der Waals surface area contributed by atoms with Crippen molar-refractivity contribution in [3.05, 3.63) is 87.2 Å². The van der Waals surface area contributed by atoms with Crippen LogP contribution in [0.4, 0.5) is 0 Å². The van der Waals surface area contributed by atoms with Crippen LogP contribution in [-0.2, 0) is 14.3 Å². The molecule has 1 heterocycles. The number of hydrogen-bond donors (Lipinski definition) is 1. The van der Waals surface area contributed by atoms with Gasteiger partial charge in [-0.15, -0.1) is 0 Å². The van der Waals surface area contributed by atoms with E-state index in [0.717, 1.165) is 10.0 Å². The summed E-state index contributed by atoms with van der Waals surface area (Å²) in [4.78, 5) is 12.9. The molecule has 136 valence electrons. The fourth-order valence-corrected chi connectivity index (χ4v) is 3.42. The van der Waals surface area contributed by atoms with Crippen LogP contribution in [0.5, 0.6) is 0 Å². The molecule has 0 saturated carbocycles. The first kappa shape index (κ1) is 18.7. The number of nitriles is 1. The summed E-state index contributed by atoms with van der Waals surface area (Å²) in [5.74, 6) is -0.943. The normalized spacial score (nSPS) is 16.6. The van der Waals surface area contributed by atoms with Gasteiger partial charge in [-0.1, -0.05) is 58.4 Å². The lowest BCUT2D eigenvalue weighted by Gasteiger charge is -2.28. The van der Waals surface area contributed by atoms with Crippen molar-refractivity contribution in [2.45, 2.75) is 12.8 Å². The maximum Gasteiger partial charge on any atom is 0.338 e. The van der Waals surface area contributed by atoms with Gasteiger partial charge in [0.1, 0.15) is 17.4 Å². The maximum absolute atomic E-state index is 12.9. The SMILES string of the molecule is CCOC(=O)C1=C(c2ccccc2)OC(N)=C(C#N)[C@@H]1c1cccc(Br)c1. The Labute approximate surface area is 165 Å². The first-order chi connectivity index (χ1) is 13.1. The van der Waals surface area contributed by atoms with Gasteiger partial charge in [0, 0.05) is 10.0 Å². The third-order valence-corrected chi connectivity index (χ3v) is 4.63. The Kier molecular flexibility index (Phi) is 5.63. The van der Waals surface area contributed by atoms with Crippen LogP contribution in [0, 0.1) is 11.3 Å². The number of allylic oxidation sites excluding steroid dienone is 1. The number of carbonyl (C=O) groups excluding carboxylic acids is 1. The molecule has 1 atom stereocenters. The minimum absolute atomic E-state index is 0.0191. The molecular weight excluding hydrogens is 408 g/mol. The Morgan fingerprint density at radius 3 is 2.63 bits per heavy atom. The Morgan fingerprint density at radius 1 is 1.26 bits per heavy atom. The number of carbonyl (C=O) groups is 1. The van der Waals surface area contributed by atoms with Gasteiger partial charge in [-0.05, 0) is 24.6 Å². The maximum atomic E-state index is 12.9. The van der Waals surface area contributed by atoms with Gasteiger partial charge in [0.25, 0.3) is 0 Å². The fraction of sp³-hybridized carbons (Fsp3) is 0.143. The largest absolute Gasteiger partial charge is 0.463 e. The Hall–Kier alpha value is -3.04. The molecule has 0 spiro atoms. The second-order valence-electron chi connectivity index (χ2n) is 5.81. The summed E-state index contributed by atoms with van der Waals surface area (Å²) >= 11 is 3.44. The van der Waals surface area contributed by atoms with Crippen LogP contribution < -0.4 is 5.73 Å². The first-order valence-electron chi connectivity index (χ1n) is 8.36. The number of nitrogens with two attached hydrogens (primary N) is 1. The zero-order valence-corrected chi connectivity index (χ0v) is 16.2. The second-order valence-corrected chi connectivity index (χ2v) is 6.72. The highest BCUT2D eigenvalue weighted by Crippen LogP contribution is 2.43. The lowest BCUT2D eigenvalue weighted by molar-refractivity contribution is -0.138. The van der Waals surface area contributed by atoms with E-state index in [-0.39, 0.29) is 23.6 Å². The number of nitrogens with zero attached hydrogens (tertiary/aromatic N) is 1. The van der Waals surface area contributed by atoms with Crippen molar-refractivity contribution >= 4 is 27.7 Å². The van der Waals surface area contributed by atoms with Gasteiger partial charge in [0.05, 0.1) is 18.1 Å². The van der Waals surface area contributed by atoms with Crippen LogP contribution in [0.25, 0.3) is 5.76 Å². The number of hydrogen-bond acceptors (Lipinski definition) is 5. The summed E-state index contributed by atoms with van der Waals surface area (Å²) in [5, 5.41) is 9.69. The Morgan fingerprint density at radius 2 is 2.00 bits per heavy atom. The first-order valence-corrected chi connectivity index (χ1v) is 9.15. The Balaban J connectivity index is 2.28.